The molecule has 166 valence electrons. The fraction of sp³-hybridized carbons (Fsp3) is 0.429. The highest BCUT2D eigenvalue weighted by molar-refractivity contribution is 14.0. The first-order valence-electron chi connectivity index (χ1n) is 9.75. The number of carbonyl (C=O) groups excluding carboxylic acids is 1. The molecule has 0 aliphatic heterocycles. The molecule has 1 heterocycles. The molecule has 2 rings (SSSR count). The van der Waals surface area contributed by atoms with Crippen LogP contribution in [0.2, 0.25) is 0 Å². The van der Waals surface area contributed by atoms with Gasteiger partial charge in [0.1, 0.15) is 0 Å². The molecule has 0 atom stereocenters. The lowest BCUT2D eigenvalue weighted by Crippen LogP contribution is -2.38. The Bertz CT molecular complexity index is 736. The van der Waals surface area contributed by atoms with Crippen LogP contribution in [0.5, 0.6) is 0 Å². The van der Waals surface area contributed by atoms with Crippen molar-refractivity contribution in [1.29, 1.82) is 0 Å². The van der Waals surface area contributed by atoms with Crippen molar-refractivity contribution >= 4 is 41.5 Å². The van der Waals surface area contributed by atoms with Gasteiger partial charge in [-0.25, -0.2) is 4.99 Å². The number of amides is 1. The molecule has 9 heteroatoms. The summed E-state index contributed by atoms with van der Waals surface area (Å²) in [6, 6.07) is 10.9. The van der Waals surface area contributed by atoms with Crippen LogP contribution in [0.4, 0.5) is 5.69 Å². The molecule has 1 aromatic carbocycles. The monoisotopic (exact) mass is 530 g/mol. The summed E-state index contributed by atoms with van der Waals surface area (Å²) in [5.41, 5.74) is 1.75. The van der Waals surface area contributed by atoms with Gasteiger partial charge < -0.3 is 29.8 Å². The van der Waals surface area contributed by atoms with Crippen LogP contribution in [-0.2, 0) is 16.0 Å². The van der Waals surface area contributed by atoms with Crippen molar-refractivity contribution < 1.29 is 18.7 Å². The third-order valence-corrected chi connectivity index (χ3v) is 3.91. The Balaban J connectivity index is 0.00000450. The van der Waals surface area contributed by atoms with Crippen molar-refractivity contribution in [2.75, 3.05) is 45.3 Å². The Morgan fingerprint density at radius 1 is 1.10 bits per heavy atom. The topological polar surface area (TPSA) is 97.1 Å². The molecule has 1 amide bonds. The van der Waals surface area contributed by atoms with E-state index in [0.29, 0.717) is 32.1 Å². The lowest BCUT2D eigenvalue weighted by atomic mass is 10.2. The van der Waals surface area contributed by atoms with Gasteiger partial charge in [-0.3, -0.25) is 4.79 Å². The zero-order chi connectivity index (χ0) is 20.7. The minimum Gasteiger partial charge on any atom is -0.459 e. The molecule has 0 radical (unpaired) electrons. The fourth-order valence-corrected chi connectivity index (χ4v) is 2.43. The van der Waals surface area contributed by atoms with Gasteiger partial charge in [0.2, 0.25) is 0 Å². The minimum atomic E-state index is -0.273. The van der Waals surface area contributed by atoms with Gasteiger partial charge in [0.05, 0.1) is 26.0 Å². The smallest absolute Gasteiger partial charge is 0.291 e. The Kier molecular flexibility index (Phi) is 13.6. The van der Waals surface area contributed by atoms with Gasteiger partial charge in [0, 0.05) is 32.5 Å². The third-order valence-electron chi connectivity index (χ3n) is 3.91. The van der Waals surface area contributed by atoms with Crippen molar-refractivity contribution in [3.8, 4) is 0 Å². The zero-order valence-electron chi connectivity index (χ0n) is 17.5. The van der Waals surface area contributed by atoms with Gasteiger partial charge in [-0.05, 0) is 43.2 Å². The summed E-state index contributed by atoms with van der Waals surface area (Å²) in [4.78, 5) is 16.6. The summed E-state index contributed by atoms with van der Waals surface area (Å²) in [6.45, 7) is 6.03. The number of halogens is 1. The van der Waals surface area contributed by atoms with E-state index in [-0.39, 0.29) is 35.6 Å². The quantitative estimate of drug-likeness (QED) is 0.169. The van der Waals surface area contributed by atoms with Crippen LogP contribution in [0, 0.1) is 0 Å². The van der Waals surface area contributed by atoms with Crippen molar-refractivity contribution in [3.05, 3.63) is 54.0 Å². The number of carbonyl (C=O) groups is 1. The molecule has 0 aliphatic rings. The van der Waals surface area contributed by atoms with Crippen LogP contribution < -0.4 is 16.0 Å². The number of nitrogens with zero attached hydrogens (tertiary/aromatic N) is 1. The maximum Gasteiger partial charge on any atom is 0.291 e. The first kappa shape index (κ1) is 25.9. The SMILES string of the molecule is CCNC(=NCc1ccc(NC(=O)c2ccco2)cc1)NCCCOCCOC.I. The second-order valence-corrected chi connectivity index (χ2v) is 6.21. The normalized spacial score (nSPS) is 10.9. The summed E-state index contributed by atoms with van der Waals surface area (Å²) in [6.07, 6.45) is 2.36. The molecule has 0 fully saturated rings. The van der Waals surface area contributed by atoms with E-state index in [1.807, 2.05) is 31.2 Å². The van der Waals surface area contributed by atoms with Crippen molar-refractivity contribution in [2.45, 2.75) is 19.9 Å². The van der Waals surface area contributed by atoms with Crippen LogP contribution in [0.3, 0.4) is 0 Å². The number of hydrogen-bond acceptors (Lipinski definition) is 5. The second-order valence-electron chi connectivity index (χ2n) is 6.21. The summed E-state index contributed by atoms with van der Waals surface area (Å²) in [5.74, 6) is 0.773. The van der Waals surface area contributed by atoms with Crippen LogP contribution in [0.15, 0.2) is 52.1 Å². The summed E-state index contributed by atoms with van der Waals surface area (Å²) >= 11 is 0. The molecule has 0 spiro atoms. The van der Waals surface area contributed by atoms with Crippen LogP contribution >= 0.6 is 24.0 Å². The number of methoxy groups -OCH3 is 1. The highest BCUT2D eigenvalue weighted by Crippen LogP contribution is 2.12. The molecule has 8 nitrogen and oxygen atoms in total. The average Bonchev–Trinajstić information content (AvgIpc) is 3.27. The van der Waals surface area contributed by atoms with Gasteiger partial charge in [-0.15, -0.1) is 24.0 Å². The minimum absolute atomic E-state index is 0. The third kappa shape index (κ3) is 10.1. The number of nitrogens with one attached hydrogen (secondary N) is 3. The van der Waals surface area contributed by atoms with Crippen molar-refractivity contribution in [1.82, 2.24) is 10.6 Å². The molecular weight excluding hydrogens is 499 g/mol. The highest BCUT2D eigenvalue weighted by Gasteiger charge is 2.08. The molecule has 0 unspecified atom stereocenters. The fourth-order valence-electron chi connectivity index (χ4n) is 2.43. The largest absolute Gasteiger partial charge is 0.459 e. The number of aliphatic imine (C=N–C) groups is 1. The molecule has 1 aromatic heterocycles. The van der Waals surface area contributed by atoms with E-state index in [2.05, 4.69) is 20.9 Å². The summed E-state index contributed by atoms with van der Waals surface area (Å²) in [7, 11) is 1.66. The summed E-state index contributed by atoms with van der Waals surface area (Å²) in [5, 5.41) is 9.32. The maximum atomic E-state index is 12.0. The van der Waals surface area contributed by atoms with Gasteiger partial charge in [-0.2, -0.15) is 0 Å². The van der Waals surface area contributed by atoms with Crippen molar-refractivity contribution in [2.24, 2.45) is 4.99 Å². The van der Waals surface area contributed by atoms with Gasteiger partial charge in [0.15, 0.2) is 11.7 Å². The molecule has 30 heavy (non-hydrogen) atoms. The number of furan rings is 1. The predicted octanol–water partition coefficient (Wildman–Crippen LogP) is 3.26. The number of hydrogen-bond donors (Lipinski definition) is 3. The Morgan fingerprint density at radius 2 is 1.90 bits per heavy atom. The van der Waals surface area contributed by atoms with E-state index in [9.17, 15) is 4.79 Å². The highest BCUT2D eigenvalue weighted by atomic mass is 127. The van der Waals surface area contributed by atoms with Crippen LogP contribution in [0.25, 0.3) is 0 Å². The molecule has 2 aromatic rings. The van der Waals surface area contributed by atoms with Gasteiger partial charge >= 0.3 is 0 Å². The van der Waals surface area contributed by atoms with E-state index < -0.39 is 0 Å². The lowest BCUT2D eigenvalue weighted by molar-refractivity contribution is 0.0698. The van der Waals surface area contributed by atoms with Gasteiger partial charge in [-0.1, -0.05) is 12.1 Å². The number of anilines is 1. The van der Waals surface area contributed by atoms with E-state index in [1.165, 1.54) is 6.26 Å². The second kappa shape index (κ2) is 15.7. The standard InChI is InChI=1S/C21H30N4O4.HI/c1-3-22-21(23-11-5-12-28-15-14-27-2)24-16-17-7-9-18(10-8-17)25-20(26)19-6-4-13-29-19;/h4,6-10,13H,3,5,11-12,14-16H2,1-2H3,(H,25,26)(H2,22,23,24);1H. The average molecular weight is 530 g/mol. The number of benzene rings is 1. The van der Waals surface area contributed by atoms with Crippen LogP contribution in [-0.4, -0.2) is 51.9 Å². The Hall–Kier alpha value is -2.11. The number of rotatable bonds is 12. The van der Waals surface area contributed by atoms with E-state index in [1.54, 1.807) is 19.2 Å². The van der Waals surface area contributed by atoms with E-state index in [0.717, 1.165) is 31.0 Å². The number of guanidine groups is 1. The zero-order valence-corrected chi connectivity index (χ0v) is 19.8. The predicted molar refractivity (Wildman–Crippen MR) is 129 cm³/mol. The molecule has 0 saturated heterocycles. The first-order valence-corrected chi connectivity index (χ1v) is 9.75. The van der Waals surface area contributed by atoms with E-state index >= 15 is 0 Å². The molecule has 3 N–H and O–H groups in total. The number of ether oxygens (including phenoxy) is 2. The lowest BCUT2D eigenvalue weighted by Gasteiger charge is -2.11. The molecule has 0 saturated carbocycles. The Morgan fingerprint density at radius 3 is 2.57 bits per heavy atom. The molecule has 0 aliphatic carbocycles. The maximum absolute atomic E-state index is 12.0. The molecular formula is C21H31IN4O4. The van der Waals surface area contributed by atoms with Gasteiger partial charge in [0.25, 0.3) is 5.91 Å². The Labute approximate surface area is 194 Å². The molecule has 0 bridgehead atoms. The summed E-state index contributed by atoms with van der Waals surface area (Å²) < 4.78 is 15.5. The first-order chi connectivity index (χ1) is 14.2. The van der Waals surface area contributed by atoms with Crippen LogP contribution in [0.1, 0.15) is 29.5 Å². The van der Waals surface area contributed by atoms with Crippen molar-refractivity contribution in [3.63, 3.8) is 0 Å². The van der Waals surface area contributed by atoms with E-state index in [4.69, 9.17) is 13.9 Å².